The first-order valence-corrected chi connectivity index (χ1v) is 5.17. The number of hydrogen-bond acceptors (Lipinski definition) is 3. The summed E-state index contributed by atoms with van der Waals surface area (Å²) in [6.07, 6.45) is 0.656. The molecule has 0 fully saturated rings. The third-order valence-corrected chi connectivity index (χ3v) is 2.82. The molecule has 76 valence electrons. The van der Waals surface area contributed by atoms with Crippen LogP contribution in [0.4, 0.5) is 0 Å². The van der Waals surface area contributed by atoms with Gasteiger partial charge in [0.25, 0.3) is 0 Å². The second-order valence-corrected chi connectivity index (χ2v) is 5.43. The van der Waals surface area contributed by atoms with Gasteiger partial charge in [-0.05, 0) is 6.92 Å². The molecule has 0 aromatic rings. The Morgan fingerprint density at radius 1 is 1.38 bits per heavy atom. The van der Waals surface area contributed by atoms with E-state index in [1.54, 1.807) is 6.92 Å². The van der Waals surface area contributed by atoms with Crippen LogP contribution in [0.25, 0.3) is 0 Å². The Balaban J connectivity index is 3.75. The third kappa shape index (κ3) is 7.84. The van der Waals surface area contributed by atoms with Crippen LogP contribution in [0.3, 0.4) is 0 Å². The first kappa shape index (κ1) is 12.5. The lowest BCUT2D eigenvalue weighted by molar-refractivity contribution is -0.136. The summed E-state index contributed by atoms with van der Waals surface area (Å²) in [7, 11) is 0. The minimum absolute atomic E-state index is 0.138. The molecule has 0 unspecified atom stereocenters. The largest absolute Gasteiger partial charge is 0.481 e. The molecule has 0 aliphatic rings. The van der Waals surface area contributed by atoms with Crippen LogP contribution in [0, 0.1) is 0 Å². The van der Waals surface area contributed by atoms with Gasteiger partial charge in [0.1, 0.15) is 5.78 Å². The van der Waals surface area contributed by atoms with E-state index in [1.165, 1.54) is 11.8 Å². The number of thioether (sulfide) groups is 1. The standard InChI is InChI=1S/C9H16O3S/c1-7(10)6-9(2,3)13-5-4-8(11)12/h4-6H2,1-3H3,(H,11,12). The number of carbonyl (C=O) groups is 2. The molecule has 0 bridgehead atoms. The predicted octanol–water partition coefficient (Wildman–Crippen LogP) is 1.95. The molecule has 4 heteroatoms. The fourth-order valence-electron chi connectivity index (χ4n) is 1.07. The van der Waals surface area contributed by atoms with Crippen molar-refractivity contribution in [2.24, 2.45) is 0 Å². The van der Waals surface area contributed by atoms with Crippen LogP contribution in [0.15, 0.2) is 0 Å². The maximum Gasteiger partial charge on any atom is 0.304 e. The van der Waals surface area contributed by atoms with Crippen LogP contribution >= 0.6 is 11.8 Å². The van der Waals surface area contributed by atoms with E-state index < -0.39 is 5.97 Å². The summed E-state index contributed by atoms with van der Waals surface area (Å²) in [5.41, 5.74) is 0. The number of carbonyl (C=O) groups excluding carboxylic acids is 1. The highest BCUT2D eigenvalue weighted by atomic mass is 32.2. The second-order valence-electron chi connectivity index (χ2n) is 3.63. The number of carboxylic acid groups (broad SMARTS) is 1. The molecule has 0 heterocycles. The van der Waals surface area contributed by atoms with Gasteiger partial charge in [-0.25, -0.2) is 0 Å². The summed E-state index contributed by atoms with van der Waals surface area (Å²) in [5, 5.41) is 8.41. The number of rotatable bonds is 6. The Morgan fingerprint density at radius 2 is 1.92 bits per heavy atom. The quantitative estimate of drug-likeness (QED) is 0.718. The summed E-state index contributed by atoms with van der Waals surface area (Å²) >= 11 is 1.53. The molecular weight excluding hydrogens is 188 g/mol. The Morgan fingerprint density at radius 3 is 2.31 bits per heavy atom. The lowest BCUT2D eigenvalue weighted by Gasteiger charge is -2.21. The van der Waals surface area contributed by atoms with E-state index in [-0.39, 0.29) is 17.0 Å². The molecule has 0 aliphatic carbocycles. The van der Waals surface area contributed by atoms with Gasteiger partial charge in [-0.3, -0.25) is 9.59 Å². The van der Waals surface area contributed by atoms with Gasteiger partial charge in [0.05, 0.1) is 6.42 Å². The zero-order chi connectivity index (χ0) is 10.5. The molecule has 0 saturated carbocycles. The summed E-state index contributed by atoms with van der Waals surface area (Å²) in [5.74, 6) is -0.0748. The van der Waals surface area contributed by atoms with E-state index in [4.69, 9.17) is 5.11 Å². The monoisotopic (exact) mass is 204 g/mol. The van der Waals surface area contributed by atoms with Gasteiger partial charge in [-0.2, -0.15) is 11.8 Å². The topological polar surface area (TPSA) is 54.4 Å². The fourth-order valence-corrected chi connectivity index (χ4v) is 2.20. The molecule has 0 spiro atoms. The van der Waals surface area contributed by atoms with Crippen molar-refractivity contribution in [1.29, 1.82) is 0 Å². The normalized spacial score (nSPS) is 11.3. The van der Waals surface area contributed by atoms with Crippen LogP contribution in [0.1, 0.15) is 33.6 Å². The zero-order valence-electron chi connectivity index (χ0n) is 8.29. The van der Waals surface area contributed by atoms with Gasteiger partial charge < -0.3 is 5.11 Å². The molecular formula is C9H16O3S. The van der Waals surface area contributed by atoms with E-state index in [0.717, 1.165) is 0 Å². The summed E-state index contributed by atoms with van der Waals surface area (Å²) < 4.78 is -0.138. The van der Waals surface area contributed by atoms with Crippen LogP contribution in [-0.4, -0.2) is 27.4 Å². The molecule has 0 atom stereocenters. The molecule has 0 aliphatic heterocycles. The molecule has 13 heavy (non-hydrogen) atoms. The van der Waals surface area contributed by atoms with Gasteiger partial charge in [0, 0.05) is 16.9 Å². The molecule has 0 rings (SSSR count). The highest BCUT2D eigenvalue weighted by molar-refractivity contribution is 8.00. The van der Waals surface area contributed by atoms with Gasteiger partial charge in [-0.15, -0.1) is 0 Å². The van der Waals surface area contributed by atoms with Crippen molar-refractivity contribution in [3.8, 4) is 0 Å². The van der Waals surface area contributed by atoms with Crippen molar-refractivity contribution >= 4 is 23.5 Å². The predicted molar refractivity (Wildman–Crippen MR) is 54.1 cm³/mol. The van der Waals surface area contributed by atoms with Crippen molar-refractivity contribution < 1.29 is 14.7 Å². The van der Waals surface area contributed by atoms with Crippen molar-refractivity contribution in [2.45, 2.75) is 38.4 Å². The third-order valence-electron chi connectivity index (χ3n) is 1.48. The average molecular weight is 204 g/mol. The van der Waals surface area contributed by atoms with Crippen LogP contribution in [0.2, 0.25) is 0 Å². The van der Waals surface area contributed by atoms with E-state index in [2.05, 4.69) is 0 Å². The smallest absolute Gasteiger partial charge is 0.304 e. The first-order valence-electron chi connectivity index (χ1n) is 4.19. The number of carboxylic acids is 1. The fraction of sp³-hybridized carbons (Fsp3) is 0.778. The van der Waals surface area contributed by atoms with Crippen LogP contribution < -0.4 is 0 Å². The van der Waals surface area contributed by atoms with Gasteiger partial charge >= 0.3 is 5.97 Å². The van der Waals surface area contributed by atoms with Crippen molar-refractivity contribution in [2.75, 3.05) is 5.75 Å². The summed E-state index contributed by atoms with van der Waals surface area (Å²) in [4.78, 5) is 21.1. The highest BCUT2D eigenvalue weighted by Crippen LogP contribution is 2.28. The molecule has 0 saturated heterocycles. The molecule has 3 nitrogen and oxygen atoms in total. The maximum atomic E-state index is 10.8. The zero-order valence-corrected chi connectivity index (χ0v) is 9.11. The second kappa shape index (κ2) is 5.27. The molecule has 0 radical (unpaired) electrons. The minimum atomic E-state index is -0.786. The van der Waals surface area contributed by atoms with E-state index in [1.807, 2.05) is 13.8 Å². The average Bonchev–Trinajstić information content (AvgIpc) is 1.81. The Hall–Kier alpha value is -0.510. The van der Waals surface area contributed by atoms with E-state index in [9.17, 15) is 9.59 Å². The molecule has 0 amide bonds. The van der Waals surface area contributed by atoms with E-state index in [0.29, 0.717) is 12.2 Å². The van der Waals surface area contributed by atoms with Gasteiger partial charge in [0.15, 0.2) is 0 Å². The maximum absolute atomic E-state index is 10.8. The van der Waals surface area contributed by atoms with Gasteiger partial charge in [0.2, 0.25) is 0 Å². The highest BCUT2D eigenvalue weighted by Gasteiger charge is 2.20. The first-order chi connectivity index (χ1) is 5.83. The van der Waals surface area contributed by atoms with Gasteiger partial charge in [-0.1, -0.05) is 13.8 Å². The summed E-state index contributed by atoms with van der Waals surface area (Å²) in [6.45, 7) is 5.47. The Kier molecular flexibility index (Phi) is 5.06. The minimum Gasteiger partial charge on any atom is -0.481 e. The number of ketones is 1. The number of Topliss-reactive ketones (excluding diaryl/α,β-unsaturated/α-hetero) is 1. The van der Waals surface area contributed by atoms with Crippen molar-refractivity contribution in [1.82, 2.24) is 0 Å². The Bertz CT molecular complexity index is 199. The van der Waals surface area contributed by atoms with Crippen molar-refractivity contribution in [3.63, 3.8) is 0 Å². The molecule has 0 aromatic carbocycles. The van der Waals surface area contributed by atoms with E-state index >= 15 is 0 Å². The lowest BCUT2D eigenvalue weighted by Crippen LogP contribution is -2.19. The Labute approximate surface area is 82.9 Å². The molecule has 1 N–H and O–H groups in total. The van der Waals surface area contributed by atoms with Crippen LogP contribution in [-0.2, 0) is 9.59 Å². The summed E-state index contributed by atoms with van der Waals surface area (Å²) in [6, 6.07) is 0. The lowest BCUT2D eigenvalue weighted by atomic mass is 10.1. The molecule has 0 aromatic heterocycles. The number of hydrogen-bond donors (Lipinski definition) is 1. The van der Waals surface area contributed by atoms with Crippen molar-refractivity contribution in [3.05, 3.63) is 0 Å². The SMILES string of the molecule is CC(=O)CC(C)(C)SCCC(=O)O. The number of aliphatic carboxylic acids is 1. The van der Waals surface area contributed by atoms with Crippen LogP contribution in [0.5, 0.6) is 0 Å².